The Labute approximate surface area is 161 Å². The monoisotopic (exact) mass is 454 g/mol. The second-order valence-electron chi connectivity index (χ2n) is 6.53. The van der Waals surface area contributed by atoms with E-state index in [-0.39, 0.29) is 35.8 Å². The Balaban J connectivity index is 0.00000264. The van der Waals surface area contributed by atoms with Gasteiger partial charge in [0.15, 0.2) is 5.96 Å². The normalized spacial score (nSPS) is 24.5. The van der Waals surface area contributed by atoms with Crippen molar-refractivity contribution >= 4 is 47.6 Å². The first kappa shape index (κ1) is 20.9. The molecular weight excluding hydrogens is 423 g/mol. The summed E-state index contributed by atoms with van der Waals surface area (Å²) in [6.45, 7) is 4.85. The van der Waals surface area contributed by atoms with E-state index >= 15 is 0 Å². The van der Waals surface area contributed by atoms with E-state index in [9.17, 15) is 4.79 Å². The molecular formula is C16H31IN4OS. The number of guanidine groups is 1. The third-order valence-corrected chi connectivity index (χ3v) is 6.11. The van der Waals surface area contributed by atoms with Gasteiger partial charge in [0.05, 0.1) is 0 Å². The molecule has 3 N–H and O–H groups in total. The number of amides is 1. The predicted octanol–water partition coefficient (Wildman–Crippen LogP) is 2.36. The van der Waals surface area contributed by atoms with Crippen LogP contribution in [-0.4, -0.2) is 49.0 Å². The number of hydrogen-bond acceptors (Lipinski definition) is 3. The SMILES string of the molecule is CN=C(NCCCNC(=O)C1CCC1)NCC1(C)CCCS1.I. The third kappa shape index (κ3) is 7.07. The van der Waals surface area contributed by atoms with E-state index in [1.807, 2.05) is 11.8 Å². The van der Waals surface area contributed by atoms with Gasteiger partial charge in [-0.3, -0.25) is 9.79 Å². The van der Waals surface area contributed by atoms with E-state index in [0.717, 1.165) is 44.9 Å². The molecule has 1 saturated carbocycles. The van der Waals surface area contributed by atoms with E-state index in [1.165, 1.54) is 25.0 Å². The summed E-state index contributed by atoms with van der Waals surface area (Å²) in [5.74, 6) is 2.65. The van der Waals surface area contributed by atoms with E-state index in [1.54, 1.807) is 7.05 Å². The molecule has 1 saturated heterocycles. The van der Waals surface area contributed by atoms with Crippen molar-refractivity contribution in [1.82, 2.24) is 16.0 Å². The van der Waals surface area contributed by atoms with Crippen LogP contribution in [0.15, 0.2) is 4.99 Å². The summed E-state index contributed by atoms with van der Waals surface area (Å²) >= 11 is 2.05. The van der Waals surface area contributed by atoms with Gasteiger partial charge >= 0.3 is 0 Å². The van der Waals surface area contributed by atoms with Gasteiger partial charge in [-0.2, -0.15) is 11.8 Å². The molecule has 0 aromatic rings. The molecule has 0 aromatic heterocycles. The maximum absolute atomic E-state index is 11.7. The van der Waals surface area contributed by atoms with Crippen molar-refractivity contribution in [2.75, 3.05) is 32.4 Å². The fourth-order valence-electron chi connectivity index (χ4n) is 2.79. The summed E-state index contributed by atoms with van der Waals surface area (Å²) in [6.07, 6.45) is 6.85. The number of nitrogens with zero attached hydrogens (tertiary/aromatic N) is 1. The first-order valence-corrected chi connectivity index (χ1v) is 9.48. The van der Waals surface area contributed by atoms with Crippen LogP contribution < -0.4 is 16.0 Å². The van der Waals surface area contributed by atoms with Crippen molar-refractivity contribution in [3.8, 4) is 0 Å². The van der Waals surface area contributed by atoms with Crippen LogP contribution in [0.1, 0.15) is 45.4 Å². The van der Waals surface area contributed by atoms with Crippen LogP contribution in [0.25, 0.3) is 0 Å². The van der Waals surface area contributed by atoms with Crippen LogP contribution in [0.2, 0.25) is 0 Å². The fourth-order valence-corrected chi connectivity index (χ4v) is 4.03. The molecule has 0 aromatic carbocycles. The van der Waals surface area contributed by atoms with Crippen LogP contribution in [0.5, 0.6) is 0 Å². The number of rotatable bonds is 7. The Hall–Kier alpha value is -0.180. The maximum Gasteiger partial charge on any atom is 0.223 e. The number of nitrogens with one attached hydrogen (secondary N) is 3. The topological polar surface area (TPSA) is 65.5 Å². The standard InChI is InChI=1S/C16H30N4OS.HI/c1-16(8-4-11-22-16)12-20-15(17-2)19-10-5-9-18-14(21)13-6-3-7-13;/h13H,3-12H2,1-2H3,(H,18,21)(H2,17,19,20);1H. The van der Waals surface area contributed by atoms with E-state index in [0.29, 0.717) is 4.75 Å². The number of aliphatic imine (C=N–C) groups is 1. The zero-order valence-electron chi connectivity index (χ0n) is 14.3. The highest BCUT2D eigenvalue weighted by molar-refractivity contribution is 14.0. The average Bonchev–Trinajstić information content (AvgIpc) is 2.87. The lowest BCUT2D eigenvalue weighted by Crippen LogP contribution is -2.44. The molecule has 0 radical (unpaired) electrons. The molecule has 1 atom stereocenters. The van der Waals surface area contributed by atoms with E-state index in [4.69, 9.17) is 0 Å². The summed E-state index contributed by atoms with van der Waals surface area (Å²) in [5, 5.41) is 9.76. The van der Waals surface area contributed by atoms with Crippen molar-refractivity contribution in [1.29, 1.82) is 0 Å². The Bertz CT molecular complexity index is 396. The second-order valence-corrected chi connectivity index (χ2v) is 8.21. The molecule has 2 rings (SSSR count). The van der Waals surface area contributed by atoms with Gasteiger partial charge in [-0.15, -0.1) is 24.0 Å². The predicted molar refractivity (Wildman–Crippen MR) is 110 cm³/mol. The molecule has 2 fully saturated rings. The van der Waals surface area contributed by atoms with Gasteiger partial charge in [-0.1, -0.05) is 6.42 Å². The van der Waals surface area contributed by atoms with Gasteiger partial charge in [0.25, 0.3) is 0 Å². The number of hydrogen-bond donors (Lipinski definition) is 3. The van der Waals surface area contributed by atoms with Gasteiger partial charge in [0.1, 0.15) is 0 Å². The molecule has 7 heteroatoms. The molecule has 0 spiro atoms. The van der Waals surface area contributed by atoms with Crippen molar-refractivity contribution in [2.24, 2.45) is 10.9 Å². The number of carbonyl (C=O) groups excluding carboxylic acids is 1. The van der Waals surface area contributed by atoms with Crippen LogP contribution in [0.3, 0.4) is 0 Å². The largest absolute Gasteiger partial charge is 0.356 e. The molecule has 5 nitrogen and oxygen atoms in total. The Morgan fingerprint density at radius 1 is 1.22 bits per heavy atom. The first-order chi connectivity index (χ1) is 10.6. The summed E-state index contributed by atoms with van der Waals surface area (Å²) in [4.78, 5) is 16.0. The highest BCUT2D eigenvalue weighted by Crippen LogP contribution is 2.36. The smallest absolute Gasteiger partial charge is 0.223 e. The van der Waals surface area contributed by atoms with E-state index < -0.39 is 0 Å². The van der Waals surface area contributed by atoms with Crippen molar-refractivity contribution in [2.45, 2.75) is 50.2 Å². The summed E-state index contributed by atoms with van der Waals surface area (Å²) in [7, 11) is 1.80. The minimum atomic E-state index is 0. The molecule has 23 heavy (non-hydrogen) atoms. The molecule has 0 bridgehead atoms. The van der Waals surface area contributed by atoms with Gasteiger partial charge in [0.2, 0.25) is 5.91 Å². The fraction of sp³-hybridized carbons (Fsp3) is 0.875. The van der Waals surface area contributed by atoms with Crippen molar-refractivity contribution in [3.05, 3.63) is 0 Å². The van der Waals surface area contributed by atoms with Crippen LogP contribution >= 0.6 is 35.7 Å². The summed E-state index contributed by atoms with van der Waals surface area (Å²) in [5.41, 5.74) is 0. The molecule has 2 aliphatic rings. The molecule has 1 amide bonds. The Morgan fingerprint density at radius 2 is 1.96 bits per heavy atom. The highest BCUT2D eigenvalue weighted by atomic mass is 127. The van der Waals surface area contributed by atoms with Crippen molar-refractivity contribution < 1.29 is 4.79 Å². The van der Waals surface area contributed by atoms with Crippen LogP contribution in [0, 0.1) is 5.92 Å². The number of thioether (sulfide) groups is 1. The Kier molecular flexibility index (Phi) is 9.65. The van der Waals surface area contributed by atoms with E-state index in [2.05, 4.69) is 27.9 Å². The maximum atomic E-state index is 11.7. The van der Waals surface area contributed by atoms with Gasteiger partial charge < -0.3 is 16.0 Å². The van der Waals surface area contributed by atoms with Crippen molar-refractivity contribution in [3.63, 3.8) is 0 Å². The first-order valence-electron chi connectivity index (χ1n) is 8.49. The van der Waals surface area contributed by atoms with Gasteiger partial charge in [-0.05, 0) is 44.8 Å². The van der Waals surface area contributed by atoms with Gasteiger partial charge in [0, 0.05) is 37.3 Å². The zero-order valence-corrected chi connectivity index (χ0v) is 17.5. The summed E-state index contributed by atoms with van der Waals surface area (Å²) < 4.78 is 0.342. The van der Waals surface area contributed by atoms with Gasteiger partial charge in [-0.25, -0.2) is 0 Å². The summed E-state index contributed by atoms with van der Waals surface area (Å²) in [6, 6.07) is 0. The Morgan fingerprint density at radius 3 is 2.52 bits per heavy atom. The molecule has 1 heterocycles. The van der Waals surface area contributed by atoms with Crippen LogP contribution in [-0.2, 0) is 4.79 Å². The highest BCUT2D eigenvalue weighted by Gasteiger charge is 2.29. The molecule has 134 valence electrons. The zero-order chi connectivity index (χ0) is 15.8. The quantitative estimate of drug-likeness (QED) is 0.239. The lowest BCUT2D eigenvalue weighted by molar-refractivity contribution is -0.127. The number of carbonyl (C=O) groups is 1. The minimum Gasteiger partial charge on any atom is -0.356 e. The second kappa shape index (κ2) is 10.6. The minimum absolute atomic E-state index is 0. The van der Waals surface area contributed by atoms with Crippen LogP contribution in [0.4, 0.5) is 0 Å². The lowest BCUT2D eigenvalue weighted by atomic mass is 9.85. The average molecular weight is 454 g/mol. The lowest BCUT2D eigenvalue weighted by Gasteiger charge is -2.25. The molecule has 1 aliphatic heterocycles. The third-order valence-electron chi connectivity index (χ3n) is 4.58. The molecule has 1 unspecified atom stereocenters. The number of halogens is 1. The molecule has 1 aliphatic carbocycles.